The lowest BCUT2D eigenvalue weighted by atomic mass is 10.2. The summed E-state index contributed by atoms with van der Waals surface area (Å²) >= 11 is 0. The van der Waals surface area contributed by atoms with Crippen molar-refractivity contribution in [2.45, 2.75) is 26.2 Å². The van der Waals surface area contributed by atoms with E-state index in [1.807, 2.05) is 6.08 Å². The lowest BCUT2D eigenvalue weighted by Crippen LogP contribution is -1.94. The van der Waals surface area contributed by atoms with E-state index in [0.717, 1.165) is 19.3 Å². The minimum atomic E-state index is -0.298. The molecule has 0 aromatic rings. The van der Waals surface area contributed by atoms with Crippen LogP contribution in [0.2, 0.25) is 0 Å². The Kier molecular flexibility index (Phi) is 2.95. The van der Waals surface area contributed by atoms with Gasteiger partial charge in [-0.1, -0.05) is 13.3 Å². The lowest BCUT2D eigenvalue weighted by molar-refractivity contribution is -0.134. The van der Waals surface area contributed by atoms with Gasteiger partial charge in [-0.3, -0.25) is 0 Å². The fourth-order valence-corrected chi connectivity index (χ4v) is 0.826. The molecule has 0 saturated carbocycles. The van der Waals surface area contributed by atoms with Gasteiger partial charge in [-0.25, -0.2) is 4.79 Å². The highest BCUT2D eigenvalue weighted by Crippen LogP contribution is 2.10. The highest BCUT2D eigenvalue weighted by molar-refractivity contribution is 5.73. The number of rotatable bonds is 3. The molecule has 1 saturated heterocycles. The predicted octanol–water partition coefficient (Wildman–Crippen LogP) is 1.59. The molecule has 1 heterocycles. The number of unbranched alkanes of at least 4 members (excludes halogenated alkanes) is 2. The number of hydrogen-bond acceptors (Lipinski definition) is 3. The summed E-state index contributed by atoms with van der Waals surface area (Å²) in [5.74, 6) is 0.0798. The molecule has 0 N–H and O–H groups in total. The maximum Gasteiger partial charge on any atom is 0.352 e. The van der Waals surface area contributed by atoms with Crippen LogP contribution in [0.5, 0.6) is 0 Å². The first kappa shape index (κ1) is 8.11. The number of allylic oxidation sites excluding steroid dienone is 1. The van der Waals surface area contributed by atoms with Crippen LogP contribution in [-0.2, 0) is 14.3 Å². The molecule has 11 heavy (non-hydrogen) atoms. The van der Waals surface area contributed by atoms with Crippen LogP contribution in [0.3, 0.4) is 0 Å². The summed E-state index contributed by atoms with van der Waals surface area (Å²) in [7, 11) is 0. The van der Waals surface area contributed by atoms with E-state index in [4.69, 9.17) is 9.47 Å². The summed E-state index contributed by atoms with van der Waals surface area (Å²) in [6.07, 6.45) is 4.97. The summed E-state index contributed by atoms with van der Waals surface area (Å²) in [6, 6.07) is 0. The molecule has 1 fully saturated rings. The summed E-state index contributed by atoms with van der Waals surface area (Å²) in [5.41, 5.74) is 0. The maximum atomic E-state index is 10.5. The Balaban J connectivity index is 2.25. The first-order chi connectivity index (χ1) is 5.33. The first-order valence-electron chi connectivity index (χ1n) is 3.86. The Hall–Kier alpha value is -0.990. The average Bonchev–Trinajstić information content (AvgIpc) is 2.37. The van der Waals surface area contributed by atoms with Gasteiger partial charge in [-0.15, -0.1) is 0 Å². The maximum absolute atomic E-state index is 10.5. The Labute approximate surface area is 66.0 Å². The molecule has 0 unspecified atom stereocenters. The molecule has 3 heteroatoms. The van der Waals surface area contributed by atoms with Crippen LogP contribution in [0.15, 0.2) is 12.0 Å². The lowest BCUT2D eigenvalue weighted by Gasteiger charge is -1.93. The largest absolute Gasteiger partial charge is 0.453 e. The number of cyclic esters (lactones) is 1. The third-order valence-corrected chi connectivity index (χ3v) is 1.42. The van der Waals surface area contributed by atoms with Gasteiger partial charge in [0.25, 0.3) is 5.95 Å². The molecule has 0 aliphatic carbocycles. The number of ether oxygens (including phenoxy) is 2. The zero-order valence-corrected chi connectivity index (χ0v) is 6.63. The van der Waals surface area contributed by atoms with Crippen molar-refractivity contribution >= 4 is 5.97 Å². The number of esters is 1. The quantitative estimate of drug-likeness (QED) is 0.460. The summed E-state index contributed by atoms with van der Waals surface area (Å²) in [6.45, 7) is 2.18. The van der Waals surface area contributed by atoms with Crippen LogP contribution in [0, 0.1) is 0 Å². The zero-order valence-electron chi connectivity index (χ0n) is 6.63. The van der Waals surface area contributed by atoms with E-state index in [2.05, 4.69) is 6.92 Å². The second-order valence-corrected chi connectivity index (χ2v) is 2.43. The highest BCUT2D eigenvalue weighted by atomic mass is 16.7. The molecule has 1 aliphatic rings. The van der Waals surface area contributed by atoms with Crippen molar-refractivity contribution in [3.63, 3.8) is 0 Å². The SMILES string of the molecule is CCCC/C=C1\OCC(=O)O1. The number of hydrogen-bond donors (Lipinski definition) is 0. The Bertz CT molecular complexity index is 172. The Morgan fingerprint density at radius 1 is 1.64 bits per heavy atom. The van der Waals surface area contributed by atoms with Gasteiger partial charge in [-0.05, 0) is 18.9 Å². The van der Waals surface area contributed by atoms with Gasteiger partial charge in [0.1, 0.15) is 0 Å². The molecule has 3 nitrogen and oxygen atoms in total. The Morgan fingerprint density at radius 2 is 2.45 bits per heavy atom. The predicted molar refractivity (Wildman–Crippen MR) is 39.7 cm³/mol. The molecular weight excluding hydrogens is 144 g/mol. The highest BCUT2D eigenvalue weighted by Gasteiger charge is 2.17. The first-order valence-corrected chi connectivity index (χ1v) is 3.86. The Morgan fingerprint density at radius 3 is 3.00 bits per heavy atom. The summed E-state index contributed by atoms with van der Waals surface area (Å²) in [4.78, 5) is 10.5. The van der Waals surface area contributed by atoms with E-state index in [-0.39, 0.29) is 12.6 Å². The molecule has 0 aromatic carbocycles. The average molecular weight is 156 g/mol. The number of carbonyl (C=O) groups excluding carboxylic acids is 1. The molecule has 0 radical (unpaired) electrons. The van der Waals surface area contributed by atoms with Crippen molar-refractivity contribution in [1.29, 1.82) is 0 Å². The van der Waals surface area contributed by atoms with Crippen LogP contribution in [0.25, 0.3) is 0 Å². The third-order valence-electron chi connectivity index (χ3n) is 1.42. The molecule has 62 valence electrons. The molecule has 1 rings (SSSR count). The second kappa shape index (κ2) is 4.01. The minimum absolute atomic E-state index is 0.0674. The van der Waals surface area contributed by atoms with Crippen molar-refractivity contribution in [3.8, 4) is 0 Å². The summed E-state index contributed by atoms with van der Waals surface area (Å²) < 4.78 is 9.61. The molecule has 0 amide bonds. The third kappa shape index (κ3) is 2.62. The van der Waals surface area contributed by atoms with Crippen LogP contribution < -0.4 is 0 Å². The van der Waals surface area contributed by atoms with Gasteiger partial charge in [-0.2, -0.15) is 0 Å². The summed E-state index contributed by atoms with van der Waals surface area (Å²) in [5, 5.41) is 0. The van der Waals surface area contributed by atoms with Gasteiger partial charge in [0.05, 0.1) is 0 Å². The minimum Gasteiger partial charge on any atom is -0.453 e. The van der Waals surface area contributed by atoms with Crippen LogP contribution in [0.4, 0.5) is 0 Å². The molecule has 1 aliphatic heterocycles. The van der Waals surface area contributed by atoms with Gasteiger partial charge in [0.2, 0.25) is 0 Å². The van der Waals surface area contributed by atoms with Crippen LogP contribution >= 0.6 is 0 Å². The van der Waals surface area contributed by atoms with Crippen LogP contribution in [-0.4, -0.2) is 12.6 Å². The smallest absolute Gasteiger partial charge is 0.352 e. The molecule has 0 spiro atoms. The van der Waals surface area contributed by atoms with Gasteiger partial charge < -0.3 is 9.47 Å². The van der Waals surface area contributed by atoms with E-state index in [1.54, 1.807) is 0 Å². The van der Waals surface area contributed by atoms with E-state index in [9.17, 15) is 4.79 Å². The normalized spacial score (nSPS) is 20.1. The van der Waals surface area contributed by atoms with E-state index in [1.165, 1.54) is 0 Å². The van der Waals surface area contributed by atoms with Gasteiger partial charge in [0, 0.05) is 0 Å². The topological polar surface area (TPSA) is 35.5 Å². The van der Waals surface area contributed by atoms with Crippen molar-refractivity contribution in [3.05, 3.63) is 12.0 Å². The van der Waals surface area contributed by atoms with Crippen molar-refractivity contribution < 1.29 is 14.3 Å². The number of carbonyl (C=O) groups is 1. The van der Waals surface area contributed by atoms with E-state index in [0.29, 0.717) is 5.95 Å². The van der Waals surface area contributed by atoms with Crippen molar-refractivity contribution in [2.75, 3.05) is 6.61 Å². The van der Waals surface area contributed by atoms with Gasteiger partial charge >= 0.3 is 5.97 Å². The van der Waals surface area contributed by atoms with Gasteiger partial charge in [0.15, 0.2) is 6.61 Å². The fourth-order valence-electron chi connectivity index (χ4n) is 0.826. The molecular formula is C8H12O3. The standard InChI is InChI=1S/C8H12O3/c1-2-3-4-5-8-10-6-7(9)11-8/h5H,2-4,6H2,1H3/b8-5+. The molecule has 0 atom stereocenters. The molecule has 0 bridgehead atoms. The van der Waals surface area contributed by atoms with E-state index < -0.39 is 0 Å². The monoisotopic (exact) mass is 156 g/mol. The second-order valence-electron chi connectivity index (χ2n) is 2.43. The fraction of sp³-hybridized carbons (Fsp3) is 0.625. The molecule has 0 aromatic heterocycles. The zero-order chi connectivity index (χ0) is 8.10. The van der Waals surface area contributed by atoms with E-state index >= 15 is 0 Å². The van der Waals surface area contributed by atoms with Crippen LogP contribution in [0.1, 0.15) is 26.2 Å². The van der Waals surface area contributed by atoms with Crippen molar-refractivity contribution in [1.82, 2.24) is 0 Å². The van der Waals surface area contributed by atoms with Crippen molar-refractivity contribution in [2.24, 2.45) is 0 Å².